The molecule has 0 heterocycles. The van der Waals surface area contributed by atoms with Crippen LogP contribution in [0.5, 0.6) is 0 Å². The van der Waals surface area contributed by atoms with Gasteiger partial charge in [-0.2, -0.15) is 0 Å². The molecule has 2 rings (SSSR count). The summed E-state index contributed by atoms with van der Waals surface area (Å²) in [5.41, 5.74) is 3.25. The van der Waals surface area contributed by atoms with E-state index in [-0.39, 0.29) is 0 Å². The van der Waals surface area contributed by atoms with Gasteiger partial charge in [-0.15, -0.1) is 0 Å². The Morgan fingerprint density at radius 3 is 2.05 bits per heavy atom. The Hall–Kier alpha value is -2.42. The van der Waals surface area contributed by atoms with Crippen molar-refractivity contribution in [3.63, 3.8) is 0 Å². The summed E-state index contributed by atoms with van der Waals surface area (Å²) in [5, 5.41) is 2.57. The minimum atomic E-state index is -0.549. The first-order valence-corrected chi connectivity index (χ1v) is 6.10. The number of hydrogen-bond acceptors (Lipinski definition) is 2. The van der Waals surface area contributed by atoms with Gasteiger partial charge in [-0.05, 0) is 16.7 Å². The number of carbonyl (C=O) groups excluding carboxylic acids is 2. The lowest BCUT2D eigenvalue weighted by molar-refractivity contribution is -0.136. The summed E-state index contributed by atoms with van der Waals surface area (Å²) in [5.74, 6) is -1.02. The van der Waals surface area contributed by atoms with Crippen molar-refractivity contribution >= 4 is 11.7 Å². The van der Waals surface area contributed by atoms with E-state index in [0.29, 0.717) is 6.54 Å². The minimum Gasteiger partial charge on any atom is -0.345 e. The quantitative estimate of drug-likeness (QED) is 0.851. The first-order chi connectivity index (χ1) is 9.16. The summed E-state index contributed by atoms with van der Waals surface area (Å²) in [4.78, 5) is 21.9. The van der Waals surface area contributed by atoms with Crippen molar-refractivity contribution in [3.05, 3.63) is 60.2 Å². The molecule has 1 N–H and O–H groups in total. The van der Waals surface area contributed by atoms with Crippen LogP contribution in [0.3, 0.4) is 0 Å². The molecular weight excluding hydrogens is 238 g/mol. The summed E-state index contributed by atoms with van der Waals surface area (Å²) in [7, 11) is 0. The lowest BCUT2D eigenvalue weighted by atomic mass is 10.0. The van der Waals surface area contributed by atoms with Gasteiger partial charge in [0.15, 0.2) is 0 Å². The van der Waals surface area contributed by atoms with E-state index >= 15 is 0 Å². The Morgan fingerprint density at radius 2 is 1.47 bits per heavy atom. The van der Waals surface area contributed by atoms with Crippen LogP contribution in [0.15, 0.2) is 54.6 Å². The maximum absolute atomic E-state index is 11.1. The Labute approximate surface area is 112 Å². The fraction of sp³-hybridized carbons (Fsp3) is 0.125. The third kappa shape index (κ3) is 3.52. The fourth-order valence-corrected chi connectivity index (χ4v) is 1.75. The molecule has 0 atom stereocenters. The lowest BCUT2D eigenvalue weighted by Gasteiger charge is -2.05. The third-order valence-electron chi connectivity index (χ3n) is 2.83. The molecule has 0 aliphatic carbocycles. The van der Waals surface area contributed by atoms with Crippen LogP contribution in [0.2, 0.25) is 0 Å². The second-order valence-corrected chi connectivity index (χ2v) is 4.30. The van der Waals surface area contributed by atoms with Crippen LogP contribution >= 0.6 is 0 Å². The van der Waals surface area contributed by atoms with Crippen LogP contribution in [0, 0.1) is 0 Å². The zero-order valence-corrected chi connectivity index (χ0v) is 10.7. The van der Waals surface area contributed by atoms with Crippen LogP contribution in [0.25, 0.3) is 11.1 Å². The van der Waals surface area contributed by atoms with Crippen LogP contribution in [0.1, 0.15) is 12.5 Å². The standard InChI is InChI=1S/C16H15NO2/c1-12(18)16(19)17-11-13-7-9-15(10-8-13)14-5-3-2-4-6-14/h2-10H,11H2,1H3,(H,17,19). The maximum Gasteiger partial charge on any atom is 0.287 e. The molecule has 0 unspecified atom stereocenters. The van der Waals surface area contributed by atoms with E-state index in [9.17, 15) is 9.59 Å². The predicted molar refractivity (Wildman–Crippen MR) is 74.4 cm³/mol. The molecule has 2 aromatic carbocycles. The van der Waals surface area contributed by atoms with E-state index in [1.165, 1.54) is 6.92 Å². The smallest absolute Gasteiger partial charge is 0.287 e. The zero-order valence-electron chi connectivity index (χ0n) is 10.7. The van der Waals surface area contributed by atoms with E-state index in [1.54, 1.807) is 0 Å². The van der Waals surface area contributed by atoms with Crippen molar-refractivity contribution in [1.29, 1.82) is 0 Å². The van der Waals surface area contributed by atoms with Crippen molar-refractivity contribution in [3.8, 4) is 11.1 Å². The fourth-order valence-electron chi connectivity index (χ4n) is 1.75. The van der Waals surface area contributed by atoms with Crippen molar-refractivity contribution < 1.29 is 9.59 Å². The highest BCUT2D eigenvalue weighted by atomic mass is 16.2. The molecule has 0 saturated heterocycles. The van der Waals surface area contributed by atoms with Gasteiger partial charge in [-0.25, -0.2) is 0 Å². The molecule has 0 aliphatic heterocycles. The SMILES string of the molecule is CC(=O)C(=O)NCc1ccc(-c2ccccc2)cc1. The topological polar surface area (TPSA) is 46.2 Å². The second kappa shape index (κ2) is 5.96. The second-order valence-electron chi connectivity index (χ2n) is 4.30. The summed E-state index contributed by atoms with van der Waals surface area (Å²) in [6.07, 6.45) is 0. The Morgan fingerprint density at radius 1 is 0.895 bits per heavy atom. The van der Waals surface area contributed by atoms with E-state index in [1.807, 2.05) is 54.6 Å². The molecule has 0 fully saturated rings. The first kappa shape index (κ1) is 13.0. The lowest BCUT2D eigenvalue weighted by Crippen LogP contribution is -2.28. The highest BCUT2D eigenvalue weighted by Crippen LogP contribution is 2.19. The van der Waals surface area contributed by atoms with Crippen molar-refractivity contribution in [2.24, 2.45) is 0 Å². The molecule has 19 heavy (non-hydrogen) atoms. The summed E-state index contributed by atoms with van der Waals surface area (Å²) in [6.45, 7) is 1.63. The van der Waals surface area contributed by atoms with Gasteiger partial charge in [-0.1, -0.05) is 54.6 Å². The summed E-state index contributed by atoms with van der Waals surface area (Å²) < 4.78 is 0. The number of rotatable bonds is 4. The van der Waals surface area contributed by atoms with Crippen molar-refractivity contribution in [2.45, 2.75) is 13.5 Å². The van der Waals surface area contributed by atoms with E-state index in [0.717, 1.165) is 16.7 Å². The minimum absolute atomic E-state index is 0.369. The number of amides is 1. The highest BCUT2D eigenvalue weighted by molar-refractivity contribution is 6.35. The Bertz CT molecular complexity index is 573. The molecule has 2 aromatic rings. The normalized spacial score (nSPS) is 9.95. The number of nitrogens with one attached hydrogen (secondary N) is 1. The van der Waals surface area contributed by atoms with Crippen LogP contribution in [-0.2, 0) is 16.1 Å². The Balaban J connectivity index is 2.03. The molecule has 0 bridgehead atoms. The summed E-state index contributed by atoms with van der Waals surface area (Å²) >= 11 is 0. The highest BCUT2D eigenvalue weighted by Gasteiger charge is 2.06. The number of ketones is 1. The Kier molecular flexibility index (Phi) is 4.08. The van der Waals surface area contributed by atoms with Crippen molar-refractivity contribution in [2.75, 3.05) is 0 Å². The van der Waals surface area contributed by atoms with Gasteiger partial charge in [0, 0.05) is 13.5 Å². The molecule has 3 nitrogen and oxygen atoms in total. The molecule has 0 spiro atoms. The number of carbonyl (C=O) groups is 2. The van der Waals surface area contributed by atoms with Gasteiger partial charge in [0.2, 0.25) is 5.78 Å². The van der Waals surface area contributed by atoms with E-state index in [4.69, 9.17) is 0 Å². The number of benzene rings is 2. The molecule has 0 aliphatic rings. The number of Topliss-reactive ketones (excluding diaryl/α,β-unsaturated/α-hetero) is 1. The van der Waals surface area contributed by atoms with Gasteiger partial charge < -0.3 is 5.32 Å². The van der Waals surface area contributed by atoms with Gasteiger partial charge in [0.05, 0.1) is 0 Å². The molecule has 0 radical (unpaired) electrons. The molecule has 96 valence electrons. The molecule has 0 saturated carbocycles. The van der Waals surface area contributed by atoms with Crippen LogP contribution in [-0.4, -0.2) is 11.7 Å². The van der Waals surface area contributed by atoms with Crippen LogP contribution in [0.4, 0.5) is 0 Å². The molecule has 0 aromatic heterocycles. The zero-order chi connectivity index (χ0) is 13.7. The van der Waals surface area contributed by atoms with E-state index in [2.05, 4.69) is 5.32 Å². The molecule has 3 heteroatoms. The van der Waals surface area contributed by atoms with Gasteiger partial charge >= 0.3 is 0 Å². The molecular formula is C16H15NO2. The maximum atomic E-state index is 11.1. The van der Waals surface area contributed by atoms with Gasteiger partial charge in [0.1, 0.15) is 0 Å². The molecule has 1 amide bonds. The number of hydrogen-bond donors (Lipinski definition) is 1. The average Bonchev–Trinajstić information content (AvgIpc) is 2.46. The monoisotopic (exact) mass is 253 g/mol. The third-order valence-corrected chi connectivity index (χ3v) is 2.83. The largest absolute Gasteiger partial charge is 0.345 e. The summed E-state index contributed by atoms with van der Waals surface area (Å²) in [6, 6.07) is 18.0. The van der Waals surface area contributed by atoms with E-state index < -0.39 is 11.7 Å². The van der Waals surface area contributed by atoms with Gasteiger partial charge in [0.25, 0.3) is 5.91 Å². The van der Waals surface area contributed by atoms with Crippen LogP contribution < -0.4 is 5.32 Å². The average molecular weight is 253 g/mol. The van der Waals surface area contributed by atoms with Gasteiger partial charge in [-0.3, -0.25) is 9.59 Å². The van der Waals surface area contributed by atoms with Crippen molar-refractivity contribution in [1.82, 2.24) is 5.32 Å². The predicted octanol–water partition coefficient (Wildman–Crippen LogP) is 2.56. The first-order valence-electron chi connectivity index (χ1n) is 6.10.